The number of allylic oxidation sites excluding steroid dienone is 1. The normalized spacial score (nSPS) is 10.8. The highest BCUT2D eigenvalue weighted by molar-refractivity contribution is 6.08. The van der Waals surface area contributed by atoms with E-state index in [9.17, 15) is 19.5 Å². The number of aromatic nitrogens is 1. The van der Waals surface area contributed by atoms with E-state index in [0.717, 1.165) is 0 Å². The first-order chi connectivity index (χ1) is 11.9. The average Bonchev–Trinajstić information content (AvgIpc) is 2.52. The molecule has 0 saturated heterocycles. The van der Waals surface area contributed by atoms with E-state index in [2.05, 4.69) is 10.3 Å². The molecule has 0 aliphatic carbocycles. The highest BCUT2D eigenvalue weighted by atomic mass is 16.5. The fraction of sp³-hybridized carbons (Fsp3) is 0.167. The van der Waals surface area contributed by atoms with Gasteiger partial charge in [0.2, 0.25) is 5.91 Å². The minimum Gasteiger partial charge on any atom is -0.507 e. The number of ether oxygens (including phenoxy) is 1. The van der Waals surface area contributed by atoms with Crippen LogP contribution in [-0.2, 0) is 9.53 Å². The molecular formula is C18H18N2O5. The lowest BCUT2D eigenvalue weighted by atomic mass is 10.1. The third kappa shape index (κ3) is 4.89. The molecule has 1 amide bonds. The summed E-state index contributed by atoms with van der Waals surface area (Å²) in [7, 11) is 1.42. The summed E-state index contributed by atoms with van der Waals surface area (Å²) in [6, 6.07) is 8.12. The predicted octanol–water partition coefficient (Wildman–Crippen LogP) is 1.87. The zero-order valence-electron chi connectivity index (χ0n) is 13.8. The number of benzene rings is 1. The molecule has 0 fully saturated rings. The Morgan fingerprint density at radius 2 is 2.08 bits per heavy atom. The van der Waals surface area contributed by atoms with Gasteiger partial charge in [-0.3, -0.25) is 14.4 Å². The summed E-state index contributed by atoms with van der Waals surface area (Å²) < 4.78 is 4.74. The summed E-state index contributed by atoms with van der Waals surface area (Å²) in [6.45, 7) is 1.54. The monoisotopic (exact) mass is 342 g/mol. The number of aromatic hydroxyl groups is 1. The van der Waals surface area contributed by atoms with Crippen molar-refractivity contribution in [1.82, 2.24) is 4.98 Å². The summed E-state index contributed by atoms with van der Waals surface area (Å²) in [4.78, 5) is 38.0. The van der Waals surface area contributed by atoms with E-state index in [1.807, 2.05) is 0 Å². The van der Waals surface area contributed by atoms with Gasteiger partial charge in [0.15, 0.2) is 5.78 Å². The molecule has 7 nitrogen and oxygen atoms in total. The molecule has 0 aliphatic rings. The number of methoxy groups -OCH3 is 1. The Labute approximate surface area is 144 Å². The Balaban J connectivity index is 2.18. The van der Waals surface area contributed by atoms with E-state index < -0.39 is 11.3 Å². The Kier molecular flexibility index (Phi) is 5.86. The van der Waals surface area contributed by atoms with Gasteiger partial charge in [0, 0.05) is 18.5 Å². The Hall–Kier alpha value is -3.19. The van der Waals surface area contributed by atoms with Crippen LogP contribution in [-0.4, -0.2) is 35.5 Å². The van der Waals surface area contributed by atoms with Crippen LogP contribution < -0.4 is 10.9 Å². The number of pyridine rings is 1. The van der Waals surface area contributed by atoms with Gasteiger partial charge in [-0.2, -0.15) is 0 Å². The number of hydrogen-bond acceptors (Lipinski definition) is 5. The second kappa shape index (κ2) is 8.07. The molecule has 0 radical (unpaired) electrons. The van der Waals surface area contributed by atoms with Crippen LogP contribution in [0.2, 0.25) is 0 Å². The molecule has 0 aliphatic heterocycles. The number of amides is 1. The van der Waals surface area contributed by atoms with Gasteiger partial charge in [-0.15, -0.1) is 0 Å². The van der Waals surface area contributed by atoms with Crippen molar-refractivity contribution in [3.63, 3.8) is 0 Å². The number of aryl methyl sites for hydroxylation is 1. The van der Waals surface area contributed by atoms with Crippen molar-refractivity contribution in [2.24, 2.45) is 0 Å². The second-order valence-electron chi connectivity index (χ2n) is 5.35. The molecule has 0 bridgehead atoms. The van der Waals surface area contributed by atoms with E-state index in [-0.39, 0.29) is 23.8 Å². The first-order valence-corrected chi connectivity index (χ1v) is 7.45. The maximum absolute atomic E-state index is 12.2. The fourth-order valence-electron chi connectivity index (χ4n) is 2.21. The van der Waals surface area contributed by atoms with Crippen LogP contribution in [0.15, 0.2) is 41.2 Å². The number of ketones is 1. The quantitative estimate of drug-likeness (QED) is 0.548. The number of hydrogen-bond donors (Lipinski definition) is 3. The third-order valence-corrected chi connectivity index (χ3v) is 3.27. The first kappa shape index (κ1) is 18.2. The highest BCUT2D eigenvalue weighted by Crippen LogP contribution is 2.16. The van der Waals surface area contributed by atoms with Crippen molar-refractivity contribution in [2.75, 3.05) is 19.0 Å². The minimum atomic E-state index is -0.646. The van der Waals surface area contributed by atoms with Crippen molar-refractivity contribution in [3.05, 3.63) is 63.6 Å². The largest absolute Gasteiger partial charge is 0.507 e. The van der Waals surface area contributed by atoms with Crippen molar-refractivity contribution < 1.29 is 19.4 Å². The standard InChI is InChI=1S/C18H18N2O5/c1-11-8-15(22)17(18(24)19-11)14(21)7-6-12-4-3-5-13(9-12)20-16(23)10-25-2/h3-9H,10H2,1-2H3,(H,20,23)(H2,19,22,24). The maximum Gasteiger partial charge on any atom is 0.263 e. The van der Waals surface area contributed by atoms with Gasteiger partial charge in [0.25, 0.3) is 5.56 Å². The van der Waals surface area contributed by atoms with Gasteiger partial charge in [-0.25, -0.2) is 0 Å². The number of H-pyrrole nitrogens is 1. The Morgan fingerprint density at radius 1 is 1.32 bits per heavy atom. The average molecular weight is 342 g/mol. The fourth-order valence-corrected chi connectivity index (χ4v) is 2.21. The number of carbonyl (C=O) groups excluding carboxylic acids is 2. The SMILES string of the molecule is COCC(=O)Nc1cccc(C=CC(=O)c2c(O)cc(C)[nH]c2=O)c1. The molecule has 2 aromatic rings. The van der Waals surface area contributed by atoms with Gasteiger partial charge in [0.1, 0.15) is 17.9 Å². The highest BCUT2D eigenvalue weighted by Gasteiger charge is 2.13. The van der Waals surface area contributed by atoms with Crippen molar-refractivity contribution in [2.45, 2.75) is 6.92 Å². The van der Waals surface area contributed by atoms with Crippen molar-refractivity contribution in [3.8, 4) is 5.75 Å². The summed E-state index contributed by atoms with van der Waals surface area (Å²) in [5.74, 6) is -1.28. The lowest BCUT2D eigenvalue weighted by Gasteiger charge is -2.05. The Morgan fingerprint density at radius 3 is 2.76 bits per heavy atom. The van der Waals surface area contributed by atoms with Crippen LogP contribution in [0.25, 0.3) is 6.08 Å². The zero-order chi connectivity index (χ0) is 18.4. The Bertz CT molecular complexity index is 883. The molecule has 2 rings (SSSR count). The van der Waals surface area contributed by atoms with E-state index in [4.69, 9.17) is 4.74 Å². The topological polar surface area (TPSA) is 108 Å². The number of carbonyl (C=O) groups is 2. The molecule has 0 atom stereocenters. The van der Waals surface area contributed by atoms with Gasteiger partial charge in [-0.1, -0.05) is 18.2 Å². The van der Waals surface area contributed by atoms with Crippen molar-refractivity contribution >= 4 is 23.5 Å². The first-order valence-electron chi connectivity index (χ1n) is 7.45. The molecule has 0 unspecified atom stereocenters. The number of nitrogens with one attached hydrogen (secondary N) is 2. The molecule has 7 heteroatoms. The maximum atomic E-state index is 12.2. The van der Waals surface area contributed by atoms with E-state index >= 15 is 0 Å². The van der Waals surface area contributed by atoms with Crippen LogP contribution in [0, 0.1) is 6.92 Å². The number of aromatic amines is 1. The van der Waals surface area contributed by atoms with Crippen molar-refractivity contribution in [1.29, 1.82) is 0 Å². The molecule has 1 aromatic carbocycles. The van der Waals surface area contributed by atoms with Crippen LogP contribution in [0.1, 0.15) is 21.6 Å². The summed E-state index contributed by atoms with van der Waals surface area (Å²) in [5, 5.41) is 12.4. The van der Waals surface area contributed by atoms with E-state index in [0.29, 0.717) is 16.9 Å². The molecule has 0 saturated carbocycles. The molecule has 130 valence electrons. The summed E-state index contributed by atoms with van der Waals surface area (Å²) >= 11 is 0. The second-order valence-corrected chi connectivity index (χ2v) is 5.35. The molecule has 0 spiro atoms. The van der Waals surface area contributed by atoms with Crippen LogP contribution in [0.5, 0.6) is 5.75 Å². The smallest absolute Gasteiger partial charge is 0.263 e. The lowest BCUT2D eigenvalue weighted by Crippen LogP contribution is -2.17. The number of anilines is 1. The third-order valence-electron chi connectivity index (χ3n) is 3.27. The van der Waals surface area contributed by atoms with E-state index in [1.165, 1.54) is 25.3 Å². The van der Waals surface area contributed by atoms with Gasteiger partial charge in [-0.05, 0) is 36.8 Å². The van der Waals surface area contributed by atoms with Gasteiger partial charge >= 0.3 is 0 Å². The minimum absolute atomic E-state index is 0.0615. The van der Waals surface area contributed by atoms with Gasteiger partial charge < -0.3 is 20.1 Å². The molecule has 3 N–H and O–H groups in total. The van der Waals surface area contributed by atoms with Crippen LogP contribution >= 0.6 is 0 Å². The predicted molar refractivity (Wildman–Crippen MR) is 93.8 cm³/mol. The van der Waals surface area contributed by atoms with Crippen LogP contribution in [0.3, 0.4) is 0 Å². The molecule has 1 heterocycles. The van der Waals surface area contributed by atoms with Gasteiger partial charge in [0.05, 0.1) is 0 Å². The zero-order valence-corrected chi connectivity index (χ0v) is 13.8. The molecule has 1 aromatic heterocycles. The summed E-state index contributed by atoms with van der Waals surface area (Å²) in [6.07, 6.45) is 2.68. The molecular weight excluding hydrogens is 324 g/mol. The van der Waals surface area contributed by atoms with Crippen LogP contribution in [0.4, 0.5) is 5.69 Å². The van der Waals surface area contributed by atoms with E-state index in [1.54, 1.807) is 31.2 Å². The summed E-state index contributed by atoms with van der Waals surface area (Å²) in [5.41, 5.74) is 0.695. The lowest BCUT2D eigenvalue weighted by molar-refractivity contribution is -0.119. The number of rotatable bonds is 6. The molecule has 25 heavy (non-hydrogen) atoms.